The first-order chi connectivity index (χ1) is 9.15. The molecule has 0 fully saturated rings. The van der Waals surface area contributed by atoms with Gasteiger partial charge in [0.05, 0.1) is 17.3 Å². The zero-order valence-electron chi connectivity index (χ0n) is 11.0. The van der Waals surface area contributed by atoms with Gasteiger partial charge in [-0.05, 0) is 24.5 Å². The van der Waals surface area contributed by atoms with Gasteiger partial charge in [-0.15, -0.1) is 0 Å². The molecule has 19 heavy (non-hydrogen) atoms. The number of hydrogen-bond donors (Lipinski definition) is 3. The summed E-state index contributed by atoms with van der Waals surface area (Å²) in [7, 11) is 0. The lowest BCUT2D eigenvalue weighted by atomic mass is 10.0. The number of halogens is 1. The predicted octanol–water partition coefficient (Wildman–Crippen LogP) is 1.94. The van der Waals surface area contributed by atoms with Crippen LogP contribution in [0.3, 0.4) is 0 Å². The molecule has 1 heterocycles. The highest BCUT2D eigenvalue weighted by molar-refractivity contribution is 6.30. The second-order valence-electron chi connectivity index (χ2n) is 4.32. The van der Waals surface area contributed by atoms with Gasteiger partial charge in [0.25, 0.3) is 0 Å². The van der Waals surface area contributed by atoms with Crippen LogP contribution >= 0.6 is 11.6 Å². The summed E-state index contributed by atoms with van der Waals surface area (Å²) in [5, 5.41) is 14.9. The molecule has 0 spiro atoms. The van der Waals surface area contributed by atoms with Crippen LogP contribution in [0.4, 0.5) is 4.79 Å². The molecular formula is C13H20ClN3O2. The lowest BCUT2D eigenvalue weighted by molar-refractivity contribution is 0.230. The maximum absolute atomic E-state index is 11.6. The van der Waals surface area contributed by atoms with E-state index >= 15 is 0 Å². The van der Waals surface area contributed by atoms with E-state index in [1.54, 1.807) is 18.3 Å². The number of aliphatic hydroxyl groups excluding tert-OH is 1. The van der Waals surface area contributed by atoms with Crippen molar-refractivity contribution in [1.29, 1.82) is 0 Å². The van der Waals surface area contributed by atoms with Gasteiger partial charge in [0.15, 0.2) is 0 Å². The van der Waals surface area contributed by atoms with Crippen molar-refractivity contribution in [3.63, 3.8) is 0 Å². The summed E-state index contributed by atoms with van der Waals surface area (Å²) < 4.78 is 0. The second-order valence-corrected chi connectivity index (χ2v) is 4.75. The molecule has 0 aliphatic heterocycles. The minimum atomic E-state index is -0.229. The van der Waals surface area contributed by atoms with Crippen LogP contribution in [0.1, 0.15) is 25.5 Å². The van der Waals surface area contributed by atoms with E-state index in [0.717, 1.165) is 12.1 Å². The minimum absolute atomic E-state index is 0.149. The van der Waals surface area contributed by atoms with E-state index in [0.29, 0.717) is 30.5 Å². The summed E-state index contributed by atoms with van der Waals surface area (Å²) in [5.41, 5.74) is 0.752. The molecule has 0 radical (unpaired) electrons. The zero-order valence-corrected chi connectivity index (χ0v) is 11.8. The molecule has 0 aromatic carbocycles. The molecule has 2 amide bonds. The van der Waals surface area contributed by atoms with E-state index in [-0.39, 0.29) is 12.6 Å². The Morgan fingerprint density at radius 3 is 2.84 bits per heavy atom. The molecule has 0 aliphatic rings. The van der Waals surface area contributed by atoms with Crippen molar-refractivity contribution in [1.82, 2.24) is 15.6 Å². The third-order valence-electron chi connectivity index (χ3n) is 2.88. The van der Waals surface area contributed by atoms with Gasteiger partial charge < -0.3 is 15.7 Å². The van der Waals surface area contributed by atoms with Gasteiger partial charge >= 0.3 is 6.03 Å². The molecule has 6 heteroatoms. The number of amides is 2. The first-order valence-electron chi connectivity index (χ1n) is 6.38. The molecule has 5 nitrogen and oxygen atoms in total. The van der Waals surface area contributed by atoms with Crippen LogP contribution in [0.5, 0.6) is 0 Å². The summed E-state index contributed by atoms with van der Waals surface area (Å²) in [4.78, 5) is 15.7. The van der Waals surface area contributed by atoms with Crippen LogP contribution in [0.25, 0.3) is 0 Å². The fraction of sp³-hybridized carbons (Fsp3) is 0.538. The maximum atomic E-state index is 11.6. The van der Waals surface area contributed by atoms with Gasteiger partial charge in [-0.25, -0.2) is 4.79 Å². The van der Waals surface area contributed by atoms with Gasteiger partial charge in [0, 0.05) is 19.3 Å². The standard InChI is InChI=1S/C13H20ClN3O2/c1-2-10(5-6-18)7-16-13(19)17-9-12-4-3-11(14)8-15-12/h3-4,8,10,18H,2,5-7,9H2,1H3,(H2,16,17,19). The van der Waals surface area contributed by atoms with Crippen molar-refractivity contribution in [2.75, 3.05) is 13.2 Å². The van der Waals surface area contributed by atoms with Gasteiger partial charge in [-0.1, -0.05) is 24.9 Å². The Bertz CT molecular complexity index is 384. The number of pyridine rings is 1. The van der Waals surface area contributed by atoms with E-state index in [9.17, 15) is 4.79 Å². The number of urea groups is 1. The molecule has 0 aliphatic carbocycles. The summed E-state index contributed by atoms with van der Waals surface area (Å²) >= 11 is 5.72. The molecule has 1 rings (SSSR count). The monoisotopic (exact) mass is 285 g/mol. The first kappa shape index (κ1) is 15.7. The third kappa shape index (κ3) is 6.40. The summed E-state index contributed by atoms with van der Waals surface area (Å²) in [6.07, 6.45) is 3.18. The average Bonchev–Trinajstić information content (AvgIpc) is 2.42. The highest BCUT2D eigenvalue weighted by atomic mass is 35.5. The van der Waals surface area contributed by atoms with Crippen molar-refractivity contribution in [2.45, 2.75) is 26.3 Å². The fourth-order valence-corrected chi connectivity index (χ4v) is 1.73. The molecule has 1 atom stereocenters. The number of hydrogen-bond acceptors (Lipinski definition) is 3. The van der Waals surface area contributed by atoms with Gasteiger partial charge in [-0.3, -0.25) is 4.98 Å². The Balaban J connectivity index is 2.25. The Labute approximate surface area is 118 Å². The number of carbonyl (C=O) groups excluding carboxylic acids is 1. The maximum Gasteiger partial charge on any atom is 0.315 e. The van der Waals surface area contributed by atoms with Crippen LogP contribution in [0.15, 0.2) is 18.3 Å². The van der Waals surface area contributed by atoms with Crippen molar-refractivity contribution >= 4 is 17.6 Å². The average molecular weight is 286 g/mol. The Morgan fingerprint density at radius 1 is 1.47 bits per heavy atom. The largest absolute Gasteiger partial charge is 0.396 e. The van der Waals surface area contributed by atoms with E-state index in [1.807, 2.05) is 6.92 Å². The van der Waals surface area contributed by atoms with Crippen LogP contribution < -0.4 is 10.6 Å². The van der Waals surface area contributed by atoms with Crippen molar-refractivity contribution < 1.29 is 9.90 Å². The summed E-state index contributed by atoms with van der Waals surface area (Å²) in [6.45, 7) is 3.12. The lowest BCUT2D eigenvalue weighted by Gasteiger charge is -2.14. The number of aliphatic hydroxyl groups is 1. The van der Waals surface area contributed by atoms with E-state index in [4.69, 9.17) is 16.7 Å². The van der Waals surface area contributed by atoms with Crippen molar-refractivity contribution in [3.8, 4) is 0 Å². The fourth-order valence-electron chi connectivity index (χ4n) is 1.61. The van der Waals surface area contributed by atoms with Gasteiger partial charge in [0.1, 0.15) is 0 Å². The van der Waals surface area contributed by atoms with Crippen molar-refractivity contribution in [2.24, 2.45) is 5.92 Å². The van der Waals surface area contributed by atoms with Gasteiger partial charge in [-0.2, -0.15) is 0 Å². The summed E-state index contributed by atoms with van der Waals surface area (Å²) in [6, 6.07) is 3.27. The lowest BCUT2D eigenvalue weighted by Crippen LogP contribution is -2.38. The molecular weight excluding hydrogens is 266 g/mol. The molecule has 106 valence electrons. The van der Waals surface area contributed by atoms with Crippen LogP contribution in [0.2, 0.25) is 5.02 Å². The number of rotatable bonds is 7. The van der Waals surface area contributed by atoms with E-state index < -0.39 is 0 Å². The number of nitrogens with one attached hydrogen (secondary N) is 2. The smallest absolute Gasteiger partial charge is 0.315 e. The number of aromatic nitrogens is 1. The Morgan fingerprint density at radius 2 is 2.26 bits per heavy atom. The SMILES string of the molecule is CCC(CCO)CNC(=O)NCc1ccc(Cl)cn1. The molecule has 1 aromatic heterocycles. The molecule has 1 unspecified atom stereocenters. The first-order valence-corrected chi connectivity index (χ1v) is 6.76. The zero-order chi connectivity index (χ0) is 14.1. The van der Waals surface area contributed by atoms with Crippen LogP contribution in [0, 0.1) is 5.92 Å². The Hall–Kier alpha value is -1.33. The van der Waals surface area contributed by atoms with E-state index in [2.05, 4.69) is 15.6 Å². The van der Waals surface area contributed by atoms with E-state index in [1.165, 1.54) is 0 Å². The molecule has 0 saturated heterocycles. The normalized spacial score (nSPS) is 11.9. The third-order valence-corrected chi connectivity index (χ3v) is 3.11. The number of carbonyl (C=O) groups is 1. The van der Waals surface area contributed by atoms with Crippen LogP contribution in [-0.4, -0.2) is 29.3 Å². The molecule has 1 aromatic rings. The minimum Gasteiger partial charge on any atom is -0.396 e. The number of nitrogens with zero attached hydrogens (tertiary/aromatic N) is 1. The molecule has 3 N–H and O–H groups in total. The summed E-state index contributed by atoms with van der Waals surface area (Å²) in [5.74, 6) is 0.310. The predicted molar refractivity (Wildman–Crippen MR) is 75.0 cm³/mol. The van der Waals surface area contributed by atoms with Crippen LogP contribution in [-0.2, 0) is 6.54 Å². The van der Waals surface area contributed by atoms with Crippen molar-refractivity contribution in [3.05, 3.63) is 29.0 Å². The highest BCUT2D eigenvalue weighted by Crippen LogP contribution is 2.06. The highest BCUT2D eigenvalue weighted by Gasteiger charge is 2.07. The molecule has 0 bridgehead atoms. The second kappa shape index (κ2) is 8.72. The van der Waals surface area contributed by atoms with Gasteiger partial charge in [0.2, 0.25) is 0 Å². The topological polar surface area (TPSA) is 74.2 Å². The molecule has 0 saturated carbocycles. The quantitative estimate of drug-likeness (QED) is 0.717. The Kier molecular flexibility index (Phi) is 7.22.